The van der Waals surface area contributed by atoms with E-state index in [0.29, 0.717) is 41.6 Å². The molecule has 2 aromatic rings. The standard InChI is InChI=1S/C21H23ClN2O4/c1-27-18-11-16(10-17(22)20(18)28-2)21(26)23-12-14-6-3-4-7-15(14)13-24-9-5-8-19(24)25/h3-4,6-7,10-11H,5,8-9,12-13H2,1-2H3,(H,23,26). The van der Waals surface area contributed by atoms with Gasteiger partial charge in [0.1, 0.15) is 0 Å². The molecule has 0 atom stereocenters. The molecule has 7 heteroatoms. The summed E-state index contributed by atoms with van der Waals surface area (Å²) in [4.78, 5) is 26.4. The third kappa shape index (κ3) is 4.39. The van der Waals surface area contributed by atoms with Gasteiger partial charge in [0.2, 0.25) is 5.91 Å². The number of methoxy groups -OCH3 is 2. The Labute approximate surface area is 169 Å². The Hall–Kier alpha value is -2.73. The molecule has 1 N–H and O–H groups in total. The third-order valence-electron chi connectivity index (χ3n) is 4.79. The number of carbonyl (C=O) groups is 2. The Morgan fingerprint density at radius 2 is 1.93 bits per heavy atom. The number of rotatable bonds is 7. The van der Waals surface area contributed by atoms with Gasteiger partial charge in [-0.15, -0.1) is 0 Å². The smallest absolute Gasteiger partial charge is 0.251 e. The largest absolute Gasteiger partial charge is 0.493 e. The van der Waals surface area contributed by atoms with E-state index in [1.807, 2.05) is 29.2 Å². The second kappa shape index (κ2) is 8.97. The van der Waals surface area contributed by atoms with Crippen molar-refractivity contribution in [1.82, 2.24) is 10.2 Å². The van der Waals surface area contributed by atoms with Crippen LogP contribution in [0, 0.1) is 0 Å². The molecule has 0 bridgehead atoms. The quantitative estimate of drug-likeness (QED) is 0.770. The highest BCUT2D eigenvalue weighted by Gasteiger charge is 2.21. The van der Waals surface area contributed by atoms with Gasteiger partial charge >= 0.3 is 0 Å². The maximum Gasteiger partial charge on any atom is 0.251 e. The van der Waals surface area contributed by atoms with Crippen LogP contribution in [0.25, 0.3) is 0 Å². The summed E-state index contributed by atoms with van der Waals surface area (Å²) in [6, 6.07) is 10.9. The van der Waals surface area contributed by atoms with Gasteiger partial charge in [-0.2, -0.15) is 0 Å². The zero-order valence-electron chi connectivity index (χ0n) is 16.0. The van der Waals surface area contributed by atoms with Crippen molar-refractivity contribution in [3.8, 4) is 11.5 Å². The van der Waals surface area contributed by atoms with E-state index in [-0.39, 0.29) is 11.8 Å². The number of nitrogens with one attached hydrogen (secondary N) is 1. The summed E-state index contributed by atoms with van der Waals surface area (Å²) >= 11 is 6.19. The molecule has 0 saturated carbocycles. The number of halogens is 1. The molecule has 2 amide bonds. The SMILES string of the molecule is COc1cc(C(=O)NCc2ccccc2CN2CCCC2=O)cc(Cl)c1OC. The molecule has 0 spiro atoms. The van der Waals surface area contributed by atoms with Crippen LogP contribution in [-0.2, 0) is 17.9 Å². The van der Waals surface area contributed by atoms with Gasteiger partial charge in [-0.05, 0) is 29.7 Å². The molecular weight excluding hydrogens is 380 g/mol. The molecule has 0 aliphatic carbocycles. The summed E-state index contributed by atoms with van der Waals surface area (Å²) in [7, 11) is 2.98. The molecule has 6 nitrogen and oxygen atoms in total. The number of hydrogen-bond donors (Lipinski definition) is 1. The van der Waals surface area contributed by atoms with E-state index in [9.17, 15) is 9.59 Å². The summed E-state index contributed by atoms with van der Waals surface area (Å²) in [6.45, 7) is 1.69. The highest BCUT2D eigenvalue weighted by atomic mass is 35.5. The molecule has 1 saturated heterocycles. The zero-order valence-corrected chi connectivity index (χ0v) is 16.7. The van der Waals surface area contributed by atoms with Crippen LogP contribution in [0.4, 0.5) is 0 Å². The minimum absolute atomic E-state index is 0.179. The van der Waals surface area contributed by atoms with Gasteiger partial charge in [-0.3, -0.25) is 9.59 Å². The van der Waals surface area contributed by atoms with E-state index >= 15 is 0 Å². The fraction of sp³-hybridized carbons (Fsp3) is 0.333. The van der Waals surface area contributed by atoms with E-state index in [2.05, 4.69) is 5.32 Å². The van der Waals surface area contributed by atoms with Gasteiger partial charge in [-0.25, -0.2) is 0 Å². The summed E-state index contributed by atoms with van der Waals surface area (Å²) in [5, 5.41) is 3.22. The molecule has 28 heavy (non-hydrogen) atoms. The maximum atomic E-state index is 12.6. The van der Waals surface area contributed by atoms with Crippen molar-refractivity contribution in [3.63, 3.8) is 0 Å². The Morgan fingerprint density at radius 3 is 2.57 bits per heavy atom. The predicted molar refractivity (Wildman–Crippen MR) is 107 cm³/mol. The molecule has 1 heterocycles. The lowest BCUT2D eigenvalue weighted by molar-refractivity contribution is -0.128. The van der Waals surface area contributed by atoms with Crippen LogP contribution in [0.1, 0.15) is 34.3 Å². The van der Waals surface area contributed by atoms with Gasteiger partial charge in [-0.1, -0.05) is 35.9 Å². The molecular formula is C21H23ClN2O4. The highest BCUT2D eigenvalue weighted by Crippen LogP contribution is 2.36. The van der Waals surface area contributed by atoms with Crippen LogP contribution >= 0.6 is 11.6 Å². The fourth-order valence-corrected chi connectivity index (χ4v) is 3.58. The second-order valence-electron chi connectivity index (χ2n) is 6.56. The molecule has 0 aromatic heterocycles. The maximum absolute atomic E-state index is 12.6. The average Bonchev–Trinajstić information content (AvgIpc) is 3.10. The van der Waals surface area contributed by atoms with Crippen LogP contribution in [0.15, 0.2) is 36.4 Å². The average molecular weight is 403 g/mol. The predicted octanol–water partition coefficient (Wildman–Crippen LogP) is 3.41. The van der Waals surface area contributed by atoms with Crippen LogP contribution in [0.5, 0.6) is 11.5 Å². The van der Waals surface area contributed by atoms with Gasteiger partial charge in [0.25, 0.3) is 5.91 Å². The summed E-state index contributed by atoms with van der Waals surface area (Å²) in [5.41, 5.74) is 2.39. The minimum atomic E-state index is -0.269. The first-order valence-electron chi connectivity index (χ1n) is 9.07. The Kier molecular flexibility index (Phi) is 6.41. The van der Waals surface area contributed by atoms with Crippen LogP contribution in [-0.4, -0.2) is 37.5 Å². The minimum Gasteiger partial charge on any atom is -0.493 e. The fourth-order valence-electron chi connectivity index (χ4n) is 3.29. The van der Waals surface area contributed by atoms with Crippen molar-refractivity contribution in [2.45, 2.75) is 25.9 Å². The third-order valence-corrected chi connectivity index (χ3v) is 5.07. The lowest BCUT2D eigenvalue weighted by atomic mass is 10.1. The van der Waals surface area contributed by atoms with E-state index in [0.717, 1.165) is 24.1 Å². The van der Waals surface area contributed by atoms with E-state index in [1.54, 1.807) is 12.1 Å². The number of nitrogens with zero attached hydrogens (tertiary/aromatic N) is 1. The Bertz CT molecular complexity index is 885. The second-order valence-corrected chi connectivity index (χ2v) is 6.97. The summed E-state index contributed by atoms with van der Waals surface area (Å²) < 4.78 is 10.4. The number of likely N-dealkylation sites (tertiary alicyclic amines) is 1. The Balaban J connectivity index is 1.71. The van der Waals surface area contributed by atoms with Crippen molar-refractivity contribution in [1.29, 1.82) is 0 Å². The van der Waals surface area contributed by atoms with Crippen LogP contribution in [0.2, 0.25) is 5.02 Å². The molecule has 148 valence electrons. The molecule has 0 radical (unpaired) electrons. The van der Waals surface area contributed by atoms with Crippen molar-refractivity contribution >= 4 is 23.4 Å². The Morgan fingerprint density at radius 1 is 1.18 bits per heavy atom. The number of benzene rings is 2. The number of ether oxygens (including phenoxy) is 2. The highest BCUT2D eigenvalue weighted by molar-refractivity contribution is 6.32. The lowest BCUT2D eigenvalue weighted by Gasteiger charge is -2.18. The molecule has 1 aliphatic rings. The molecule has 3 rings (SSSR count). The first-order valence-corrected chi connectivity index (χ1v) is 9.45. The van der Waals surface area contributed by atoms with Crippen molar-refractivity contribution in [2.24, 2.45) is 0 Å². The number of carbonyl (C=O) groups excluding carboxylic acids is 2. The molecule has 2 aromatic carbocycles. The molecule has 1 fully saturated rings. The van der Waals surface area contributed by atoms with Gasteiger partial charge in [0.05, 0.1) is 19.2 Å². The molecule has 0 unspecified atom stereocenters. The van der Waals surface area contributed by atoms with Gasteiger partial charge < -0.3 is 19.7 Å². The summed E-state index contributed by atoms with van der Waals surface area (Å²) in [6.07, 6.45) is 1.51. The lowest BCUT2D eigenvalue weighted by Crippen LogP contribution is -2.26. The van der Waals surface area contributed by atoms with Crippen molar-refractivity contribution in [3.05, 3.63) is 58.1 Å². The van der Waals surface area contributed by atoms with Gasteiger partial charge in [0, 0.05) is 31.6 Å². The topological polar surface area (TPSA) is 67.9 Å². The van der Waals surface area contributed by atoms with Gasteiger partial charge in [0.15, 0.2) is 11.5 Å². The van der Waals surface area contributed by atoms with E-state index in [4.69, 9.17) is 21.1 Å². The molecule has 1 aliphatic heterocycles. The number of hydrogen-bond acceptors (Lipinski definition) is 4. The van der Waals surface area contributed by atoms with Crippen LogP contribution in [0.3, 0.4) is 0 Å². The monoisotopic (exact) mass is 402 g/mol. The number of amides is 2. The van der Waals surface area contributed by atoms with E-state index < -0.39 is 0 Å². The first-order chi connectivity index (χ1) is 13.5. The summed E-state index contributed by atoms with van der Waals surface area (Å²) in [5.74, 6) is 0.697. The van der Waals surface area contributed by atoms with Crippen molar-refractivity contribution < 1.29 is 19.1 Å². The van der Waals surface area contributed by atoms with Crippen molar-refractivity contribution in [2.75, 3.05) is 20.8 Å². The van der Waals surface area contributed by atoms with E-state index in [1.165, 1.54) is 14.2 Å². The normalized spacial score (nSPS) is 13.5. The first kappa shape index (κ1) is 20.0. The zero-order chi connectivity index (χ0) is 20.1. The van der Waals surface area contributed by atoms with Crippen LogP contribution < -0.4 is 14.8 Å².